The topological polar surface area (TPSA) is 118 Å². The van der Waals surface area contributed by atoms with Crippen LogP contribution in [0.25, 0.3) is 10.4 Å². The lowest BCUT2D eigenvalue weighted by atomic mass is 10.3. The minimum Gasteiger partial charge on any atom is -0.399 e. The third-order valence-electron chi connectivity index (χ3n) is 1.77. The fourth-order valence-corrected chi connectivity index (χ4v) is 0.956. The predicted molar refractivity (Wildman–Crippen MR) is 66.4 cm³/mol. The number of rotatable bonds is 1. The Morgan fingerprint density at radius 2 is 1.61 bits per heavy atom. The van der Waals surface area contributed by atoms with Crippen molar-refractivity contribution in [3.05, 3.63) is 65.1 Å². The van der Waals surface area contributed by atoms with Crippen molar-refractivity contribution in [1.82, 2.24) is 9.97 Å². The number of carbonyl (C=O) groups excluding carboxylic acids is 1. The Balaban J connectivity index is 0.000000199. The molecule has 7 heteroatoms. The Kier molecular flexibility index (Phi) is 5.38. The molecule has 0 spiro atoms. The van der Waals surface area contributed by atoms with E-state index in [1.165, 1.54) is 24.5 Å². The molecular weight excluding hydrogens is 232 g/mol. The van der Waals surface area contributed by atoms with Gasteiger partial charge in [-0.25, -0.2) is 0 Å². The summed E-state index contributed by atoms with van der Waals surface area (Å²) in [5.74, 6) is -0.588. The summed E-state index contributed by atoms with van der Waals surface area (Å²) in [4.78, 5) is 20.6. The summed E-state index contributed by atoms with van der Waals surface area (Å²) in [5.41, 5.74) is 14.3. The molecule has 0 fully saturated rings. The molecule has 18 heavy (non-hydrogen) atoms. The molecule has 90 valence electrons. The summed E-state index contributed by atoms with van der Waals surface area (Å²) in [7, 11) is 0. The van der Waals surface area contributed by atoms with Crippen molar-refractivity contribution in [2.45, 2.75) is 0 Å². The summed E-state index contributed by atoms with van der Waals surface area (Å²) in [6, 6.07) is 6.47. The molecule has 0 radical (unpaired) electrons. The highest BCUT2D eigenvalue weighted by Gasteiger charge is 1.99. The van der Waals surface area contributed by atoms with Crippen LogP contribution in [-0.2, 0) is 0 Å². The Hall–Kier alpha value is -2.92. The van der Waals surface area contributed by atoms with Gasteiger partial charge in [0.15, 0.2) is 0 Å². The van der Waals surface area contributed by atoms with Crippen molar-refractivity contribution in [2.24, 2.45) is 5.11 Å². The Morgan fingerprint density at radius 1 is 1.11 bits per heavy atom. The Labute approximate surface area is 103 Å². The van der Waals surface area contributed by atoms with Gasteiger partial charge in [0.25, 0.3) is 0 Å². The van der Waals surface area contributed by atoms with Crippen LogP contribution in [0.15, 0.2) is 54.2 Å². The van der Waals surface area contributed by atoms with Gasteiger partial charge in [-0.1, -0.05) is 0 Å². The number of nitrogens with zero attached hydrogens (tertiary/aromatic N) is 5. The van der Waals surface area contributed by atoms with E-state index < -0.39 is 5.91 Å². The van der Waals surface area contributed by atoms with Gasteiger partial charge >= 0.3 is 0 Å². The van der Waals surface area contributed by atoms with Crippen molar-refractivity contribution in [2.75, 3.05) is 5.73 Å². The number of azide groups is 1. The van der Waals surface area contributed by atoms with Gasteiger partial charge in [-0.05, 0) is 34.9 Å². The number of hydrogen-bond acceptors (Lipinski definition) is 4. The Bertz CT molecular complexity index is 536. The number of aromatic nitrogens is 2. The van der Waals surface area contributed by atoms with Crippen LogP contribution < -0.4 is 5.73 Å². The van der Waals surface area contributed by atoms with Crippen LogP contribution in [0.4, 0.5) is 5.69 Å². The standard InChI is InChI=1S/C6H4N4O.C5H6N2/c7-10-9-6(11)5-1-3-8-4-2-5;6-5-1-3-7-4-2-5/h1-4H;1-4H,(H2,6,7). The molecule has 1 amide bonds. The van der Waals surface area contributed by atoms with Crippen LogP contribution in [0.3, 0.4) is 0 Å². The summed E-state index contributed by atoms with van der Waals surface area (Å²) >= 11 is 0. The minimum atomic E-state index is -0.588. The smallest absolute Gasteiger partial charge is 0.249 e. The van der Waals surface area contributed by atoms with E-state index in [1.54, 1.807) is 24.5 Å². The Morgan fingerprint density at radius 3 is 2.00 bits per heavy atom. The molecule has 2 rings (SSSR count). The number of pyridine rings is 2. The van der Waals surface area contributed by atoms with Gasteiger partial charge in [0.1, 0.15) is 0 Å². The van der Waals surface area contributed by atoms with E-state index in [-0.39, 0.29) is 0 Å². The highest BCUT2D eigenvalue weighted by atomic mass is 16.1. The number of nitrogens with two attached hydrogens (primary N) is 1. The fourth-order valence-electron chi connectivity index (χ4n) is 0.956. The van der Waals surface area contributed by atoms with Crippen molar-refractivity contribution in [1.29, 1.82) is 0 Å². The second-order valence-electron chi connectivity index (χ2n) is 3.01. The van der Waals surface area contributed by atoms with Crippen molar-refractivity contribution in [3.63, 3.8) is 0 Å². The molecule has 2 N–H and O–H groups in total. The first-order valence-electron chi connectivity index (χ1n) is 4.89. The summed E-state index contributed by atoms with van der Waals surface area (Å²) < 4.78 is 0. The van der Waals surface area contributed by atoms with Crippen LogP contribution in [0.2, 0.25) is 0 Å². The van der Waals surface area contributed by atoms with Crippen molar-refractivity contribution < 1.29 is 4.79 Å². The fraction of sp³-hybridized carbons (Fsp3) is 0. The highest BCUT2D eigenvalue weighted by molar-refractivity contribution is 5.94. The van der Waals surface area contributed by atoms with Crippen LogP contribution in [0, 0.1) is 0 Å². The quantitative estimate of drug-likeness (QED) is 0.468. The lowest BCUT2D eigenvalue weighted by Crippen LogP contribution is -1.91. The zero-order valence-corrected chi connectivity index (χ0v) is 9.34. The number of nitrogen functional groups attached to an aromatic ring is 1. The van der Waals surface area contributed by atoms with E-state index in [2.05, 4.69) is 20.0 Å². The van der Waals surface area contributed by atoms with Crippen molar-refractivity contribution >= 4 is 11.6 Å². The molecule has 0 aromatic carbocycles. The van der Waals surface area contributed by atoms with Crippen LogP contribution in [-0.4, -0.2) is 15.9 Å². The molecule has 0 saturated carbocycles. The SMILES string of the molecule is Nc1ccncc1.[N-]=[N+]=NC(=O)c1ccncc1. The van der Waals surface area contributed by atoms with Gasteiger partial charge in [0.05, 0.1) is 0 Å². The molecule has 0 saturated heterocycles. The first-order chi connectivity index (χ1) is 8.74. The zero-order chi connectivity index (χ0) is 13.2. The van der Waals surface area contributed by atoms with Gasteiger partial charge in [-0.15, -0.1) is 0 Å². The maximum absolute atomic E-state index is 10.8. The molecular formula is C11H10N6O. The molecule has 0 aliphatic carbocycles. The van der Waals surface area contributed by atoms with Gasteiger partial charge in [-0.2, -0.15) is 0 Å². The van der Waals surface area contributed by atoms with Crippen LogP contribution >= 0.6 is 0 Å². The van der Waals surface area contributed by atoms with E-state index in [4.69, 9.17) is 11.3 Å². The molecule has 0 atom stereocenters. The van der Waals surface area contributed by atoms with E-state index >= 15 is 0 Å². The zero-order valence-electron chi connectivity index (χ0n) is 9.34. The first-order valence-corrected chi connectivity index (χ1v) is 4.89. The molecule has 2 aromatic rings. The molecule has 0 bridgehead atoms. The van der Waals surface area contributed by atoms with Gasteiger partial charge < -0.3 is 5.73 Å². The molecule has 0 aliphatic heterocycles. The van der Waals surface area contributed by atoms with Gasteiger partial charge in [0, 0.05) is 40.9 Å². The average Bonchev–Trinajstić information content (AvgIpc) is 2.42. The summed E-state index contributed by atoms with van der Waals surface area (Å²) in [6.07, 6.45) is 6.24. The third-order valence-corrected chi connectivity index (χ3v) is 1.77. The van der Waals surface area contributed by atoms with E-state index in [1.807, 2.05) is 0 Å². The predicted octanol–water partition coefficient (Wildman–Crippen LogP) is 2.20. The normalized spacial score (nSPS) is 8.44. The molecule has 0 aliphatic rings. The molecule has 2 heterocycles. The maximum Gasteiger partial charge on any atom is 0.249 e. The number of carbonyl (C=O) groups is 1. The second-order valence-corrected chi connectivity index (χ2v) is 3.01. The number of amides is 1. The first kappa shape index (κ1) is 13.1. The van der Waals surface area contributed by atoms with Crippen molar-refractivity contribution in [3.8, 4) is 0 Å². The largest absolute Gasteiger partial charge is 0.399 e. The maximum atomic E-state index is 10.8. The van der Waals surface area contributed by atoms with Crippen LogP contribution in [0.5, 0.6) is 0 Å². The lowest BCUT2D eigenvalue weighted by molar-refractivity contribution is 0.100. The average molecular weight is 242 g/mol. The van der Waals surface area contributed by atoms with Gasteiger partial charge in [-0.3, -0.25) is 14.8 Å². The molecule has 2 aromatic heterocycles. The number of hydrogen-bond donors (Lipinski definition) is 1. The molecule has 0 unspecified atom stereocenters. The highest BCUT2D eigenvalue weighted by Crippen LogP contribution is 1.98. The van der Waals surface area contributed by atoms with E-state index in [9.17, 15) is 4.79 Å². The third kappa shape index (κ3) is 4.73. The lowest BCUT2D eigenvalue weighted by Gasteiger charge is -1.89. The monoisotopic (exact) mass is 242 g/mol. The second kappa shape index (κ2) is 7.37. The van der Waals surface area contributed by atoms with Crippen LogP contribution in [0.1, 0.15) is 10.4 Å². The van der Waals surface area contributed by atoms with E-state index in [0.29, 0.717) is 5.56 Å². The number of anilines is 1. The van der Waals surface area contributed by atoms with E-state index in [0.717, 1.165) is 5.69 Å². The minimum absolute atomic E-state index is 0.345. The summed E-state index contributed by atoms with van der Waals surface area (Å²) in [5, 5.41) is 2.91. The summed E-state index contributed by atoms with van der Waals surface area (Å²) in [6.45, 7) is 0. The van der Waals surface area contributed by atoms with Gasteiger partial charge in [0.2, 0.25) is 5.91 Å². The molecule has 7 nitrogen and oxygen atoms in total.